The number of benzene rings is 2. The van der Waals surface area contributed by atoms with Crippen molar-refractivity contribution < 1.29 is 4.79 Å². The largest absolute Gasteiger partial charge is 0.319 e. The Kier molecular flexibility index (Phi) is 4.64. The van der Waals surface area contributed by atoms with Crippen LogP contribution >= 0.6 is 22.9 Å². The first kappa shape index (κ1) is 16.0. The summed E-state index contributed by atoms with van der Waals surface area (Å²) in [5.74, 6) is -0.0974. The number of hydrogen-bond donors (Lipinski definition) is 0. The van der Waals surface area contributed by atoms with Crippen LogP contribution in [0.3, 0.4) is 0 Å². The molecule has 0 spiro atoms. The zero-order chi connectivity index (χ0) is 16.4. The summed E-state index contributed by atoms with van der Waals surface area (Å²) in [5, 5.41) is 0.707. The molecule has 23 heavy (non-hydrogen) atoms. The summed E-state index contributed by atoms with van der Waals surface area (Å²) in [6, 6.07) is 13.8. The lowest BCUT2D eigenvalue weighted by Crippen LogP contribution is -2.13. The van der Waals surface area contributed by atoms with Crippen LogP contribution in [0.15, 0.2) is 47.5 Å². The second-order valence-corrected chi connectivity index (χ2v) is 6.95. The van der Waals surface area contributed by atoms with E-state index in [2.05, 4.69) is 4.99 Å². The van der Waals surface area contributed by atoms with Crippen molar-refractivity contribution in [3.8, 4) is 0 Å². The van der Waals surface area contributed by atoms with Crippen molar-refractivity contribution >= 4 is 39.1 Å². The number of rotatable bonds is 3. The van der Waals surface area contributed by atoms with Crippen LogP contribution in [0.5, 0.6) is 0 Å². The fraction of sp³-hybridized carbons (Fsp3) is 0.222. The van der Waals surface area contributed by atoms with Crippen LogP contribution in [-0.2, 0) is 18.3 Å². The SMILES string of the molecule is Cc1cc(Cl)cc2sc(=NC(=O)CCc3ccccc3)n(C)c12. The molecule has 0 fully saturated rings. The Labute approximate surface area is 143 Å². The Balaban J connectivity index is 1.87. The molecule has 1 aromatic heterocycles. The third kappa shape index (κ3) is 3.54. The topological polar surface area (TPSA) is 34.4 Å². The lowest BCUT2D eigenvalue weighted by Gasteiger charge is -2.01. The molecule has 118 valence electrons. The summed E-state index contributed by atoms with van der Waals surface area (Å²) in [6.45, 7) is 2.02. The van der Waals surface area contributed by atoms with Crippen molar-refractivity contribution in [2.45, 2.75) is 19.8 Å². The van der Waals surface area contributed by atoms with E-state index in [0.29, 0.717) is 22.7 Å². The molecule has 0 unspecified atom stereocenters. The van der Waals surface area contributed by atoms with Gasteiger partial charge in [-0.15, -0.1) is 0 Å². The average Bonchev–Trinajstić information content (AvgIpc) is 2.82. The summed E-state index contributed by atoms with van der Waals surface area (Å²) in [5.41, 5.74) is 3.32. The van der Waals surface area contributed by atoms with E-state index in [1.807, 2.05) is 61.0 Å². The van der Waals surface area contributed by atoms with E-state index >= 15 is 0 Å². The summed E-state index contributed by atoms with van der Waals surface area (Å²) in [6.07, 6.45) is 1.13. The van der Waals surface area contributed by atoms with E-state index in [9.17, 15) is 4.79 Å². The molecule has 3 rings (SSSR count). The highest BCUT2D eigenvalue weighted by molar-refractivity contribution is 7.16. The van der Waals surface area contributed by atoms with E-state index in [1.54, 1.807) is 0 Å². The van der Waals surface area contributed by atoms with E-state index < -0.39 is 0 Å². The molecule has 0 N–H and O–H groups in total. The predicted octanol–water partition coefficient (Wildman–Crippen LogP) is 4.26. The van der Waals surface area contributed by atoms with E-state index in [4.69, 9.17) is 11.6 Å². The fourth-order valence-electron chi connectivity index (χ4n) is 2.63. The van der Waals surface area contributed by atoms with Gasteiger partial charge in [-0.1, -0.05) is 53.3 Å². The second kappa shape index (κ2) is 6.69. The minimum absolute atomic E-state index is 0.0974. The molecule has 0 bridgehead atoms. The first-order chi connectivity index (χ1) is 11.0. The van der Waals surface area contributed by atoms with Crippen molar-refractivity contribution in [3.63, 3.8) is 0 Å². The zero-order valence-electron chi connectivity index (χ0n) is 13.0. The number of hydrogen-bond acceptors (Lipinski definition) is 2. The van der Waals surface area contributed by atoms with Crippen molar-refractivity contribution in [1.29, 1.82) is 0 Å². The number of carbonyl (C=O) groups is 1. The first-order valence-corrected chi connectivity index (χ1v) is 8.61. The van der Waals surface area contributed by atoms with Gasteiger partial charge in [0, 0.05) is 18.5 Å². The van der Waals surface area contributed by atoms with Gasteiger partial charge < -0.3 is 4.57 Å². The molecule has 0 atom stereocenters. The third-order valence-electron chi connectivity index (χ3n) is 3.74. The number of aromatic nitrogens is 1. The Bertz CT molecular complexity index is 925. The molecule has 0 aliphatic rings. The maximum absolute atomic E-state index is 12.2. The van der Waals surface area contributed by atoms with Gasteiger partial charge in [0.25, 0.3) is 0 Å². The number of fused-ring (bicyclic) bond motifs is 1. The monoisotopic (exact) mass is 344 g/mol. The molecule has 3 aromatic rings. The smallest absolute Gasteiger partial charge is 0.248 e. The minimum Gasteiger partial charge on any atom is -0.319 e. The Morgan fingerprint density at radius 3 is 2.74 bits per heavy atom. The number of halogens is 1. The molecule has 1 heterocycles. The van der Waals surface area contributed by atoms with Crippen LogP contribution in [0.2, 0.25) is 5.02 Å². The first-order valence-electron chi connectivity index (χ1n) is 7.42. The Hall–Kier alpha value is -1.91. The summed E-state index contributed by atoms with van der Waals surface area (Å²) < 4.78 is 3.01. The van der Waals surface area contributed by atoms with Crippen LogP contribution in [0.1, 0.15) is 17.5 Å². The van der Waals surface area contributed by atoms with E-state index in [1.165, 1.54) is 11.3 Å². The van der Waals surface area contributed by atoms with Crippen molar-refractivity contribution in [2.75, 3.05) is 0 Å². The third-order valence-corrected chi connectivity index (χ3v) is 5.04. The number of aryl methyl sites for hydroxylation is 3. The van der Waals surface area contributed by atoms with Gasteiger partial charge in [-0.3, -0.25) is 4.79 Å². The van der Waals surface area contributed by atoms with Gasteiger partial charge in [0.2, 0.25) is 5.91 Å². The van der Waals surface area contributed by atoms with Crippen LogP contribution in [0, 0.1) is 6.92 Å². The molecular weight excluding hydrogens is 328 g/mol. The number of nitrogens with zero attached hydrogens (tertiary/aromatic N) is 2. The van der Waals surface area contributed by atoms with Crippen molar-refractivity contribution in [3.05, 3.63) is 63.4 Å². The fourth-order valence-corrected chi connectivity index (χ4v) is 4.12. The zero-order valence-corrected chi connectivity index (χ0v) is 14.6. The molecule has 0 saturated heterocycles. The standard InChI is InChI=1S/C18H17ClN2OS/c1-12-10-14(19)11-15-17(12)21(2)18(23-15)20-16(22)9-8-13-6-4-3-5-7-13/h3-7,10-11H,8-9H2,1-2H3. The van der Waals surface area contributed by atoms with Gasteiger partial charge in [-0.25, -0.2) is 0 Å². The van der Waals surface area contributed by atoms with Gasteiger partial charge in [0.1, 0.15) is 0 Å². The lowest BCUT2D eigenvalue weighted by molar-refractivity contribution is -0.118. The van der Waals surface area contributed by atoms with Gasteiger partial charge in [-0.2, -0.15) is 4.99 Å². The Morgan fingerprint density at radius 2 is 2.00 bits per heavy atom. The molecule has 1 amide bonds. The number of amides is 1. The molecule has 0 aliphatic carbocycles. The average molecular weight is 345 g/mol. The number of carbonyl (C=O) groups excluding carboxylic acids is 1. The summed E-state index contributed by atoms with van der Waals surface area (Å²) >= 11 is 7.60. The minimum atomic E-state index is -0.0974. The molecule has 3 nitrogen and oxygen atoms in total. The second-order valence-electron chi connectivity index (χ2n) is 5.50. The summed E-state index contributed by atoms with van der Waals surface area (Å²) in [4.78, 5) is 17.2. The Morgan fingerprint density at radius 1 is 1.26 bits per heavy atom. The van der Waals surface area contributed by atoms with Gasteiger partial charge in [0.05, 0.1) is 10.2 Å². The van der Waals surface area contributed by atoms with E-state index in [0.717, 1.165) is 21.3 Å². The highest BCUT2D eigenvalue weighted by Crippen LogP contribution is 2.25. The van der Waals surface area contributed by atoms with Crippen molar-refractivity contribution in [2.24, 2.45) is 12.0 Å². The summed E-state index contributed by atoms with van der Waals surface area (Å²) in [7, 11) is 1.93. The van der Waals surface area contributed by atoms with Gasteiger partial charge >= 0.3 is 0 Å². The molecular formula is C18H17ClN2OS. The quantitative estimate of drug-likeness (QED) is 0.699. The molecule has 0 radical (unpaired) electrons. The van der Waals surface area contributed by atoms with Crippen molar-refractivity contribution in [1.82, 2.24) is 4.57 Å². The normalized spacial score (nSPS) is 12.0. The highest BCUT2D eigenvalue weighted by atomic mass is 35.5. The van der Waals surface area contributed by atoms with Crippen LogP contribution in [0.4, 0.5) is 0 Å². The van der Waals surface area contributed by atoms with Gasteiger partial charge in [-0.05, 0) is 36.6 Å². The number of thiazole rings is 1. The maximum Gasteiger partial charge on any atom is 0.248 e. The highest BCUT2D eigenvalue weighted by Gasteiger charge is 2.08. The van der Waals surface area contributed by atoms with Crippen LogP contribution in [-0.4, -0.2) is 10.5 Å². The van der Waals surface area contributed by atoms with Crippen LogP contribution in [0.25, 0.3) is 10.2 Å². The van der Waals surface area contributed by atoms with Gasteiger partial charge in [0.15, 0.2) is 4.80 Å². The lowest BCUT2D eigenvalue weighted by atomic mass is 10.1. The molecule has 2 aromatic carbocycles. The molecule has 5 heteroatoms. The van der Waals surface area contributed by atoms with E-state index in [-0.39, 0.29) is 5.91 Å². The molecule has 0 aliphatic heterocycles. The maximum atomic E-state index is 12.2. The van der Waals surface area contributed by atoms with Crippen LogP contribution < -0.4 is 4.80 Å². The molecule has 0 saturated carbocycles. The predicted molar refractivity (Wildman–Crippen MR) is 95.9 cm³/mol.